The maximum atomic E-state index is 13.7. The van der Waals surface area contributed by atoms with Gasteiger partial charge in [0.2, 0.25) is 0 Å². The van der Waals surface area contributed by atoms with Gasteiger partial charge in [-0.05, 0) is 42.2 Å². The number of rotatable bonds is 17. The molecule has 4 aromatic rings. The number of hydrogen-bond donors (Lipinski definition) is 0. The topological polar surface area (TPSA) is 65.7 Å². The average Bonchev–Trinajstić information content (AvgIpc) is 3.38. The quantitative estimate of drug-likeness (QED) is 0.0956. The summed E-state index contributed by atoms with van der Waals surface area (Å²) in [5, 5.41) is 1.87. The van der Waals surface area contributed by atoms with Crippen LogP contribution >= 0.6 is 0 Å². The van der Waals surface area contributed by atoms with Gasteiger partial charge in [0.05, 0.1) is 24.3 Å². The summed E-state index contributed by atoms with van der Waals surface area (Å²) in [6.45, 7) is 5.05. The number of fused-ring (bicyclic) bond motifs is 3. The van der Waals surface area contributed by atoms with E-state index in [0.29, 0.717) is 18.8 Å². The Kier molecular flexibility index (Phi) is 11.8. The second-order valence-electron chi connectivity index (χ2n) is 10.8. The first-order valence-electron chi connectivity index (χ1n) is 15.5. The van der Waals surface area contributed by atoms with Gasteiger partial charge in [0, 0.05) is 10.8 Å². The van der Waals surface area contributed by atoms with E-state index in [1.54, 1.807) is 6.07 Å². The Bertz CT molecular complexity index is 1420. The molecule has 0 saturated heterocycles. The third-order valence-electron chi connectivity index (χ3n) is 7.64. The zero-order valence-electron chi connectivity index (χ0n) is 24.7. The second-order valence-corrected chi connectivity index (χ2v) is 10.8. The number of carbonyl (C=O) groups excluding carboxylic acids is 2. The number of furan rings is 1. The molecule has 0 spiro atoms. The first-order valence-corrected chi connectivity index (χ1v) is 15.5. The van der Waals surface area contributed by atoms with E-state index in [1.165, 1.54) is 38.5 Å². The Morgan fingerprint density at radius 1 is 0.585 bits per heavy atom. The predicted octanol–water partition coefficient (Wildman–Crippen LogP) is 10.3. The molecule has 0 unspecified atom stereocenters. The summed E-state index contributed by atoms with van der Waals surface area (Å²) in [7, 11) is 0. The number of benzene rings is 3. The highest BCUT2D eigenvalue weighted by molar-refractivity contribution is 6.16. The van der Waals surface area contributed by atoms with E-state index in [2.05, 4.69) is 13.8 Å². The maximum Gasteiger partial charge on any atom is 0.339 e. The summed E-state index contributed by atoms with van der Waals surface area (Å²) in [4.78, 5) is 27.0. The van der Waals surface area contributed by atoms with Gasteiger partial charge in [-0.2, -0.15) is 0 Å². The number of unbranched alkanes of at least 4 members (excludes halogenated alkanes) is 10. The Morgan fingerprint density at radius 2 is 1.15 bits per heavy atom. The molecular formula is C36H44O5. The standard InChI is InChI=1S/C36H44O5/c1-3-5-7-9-11-15-25-39-35(37)30-22-17-20-28(34(30)36(38)40-26-16-12-10-8-6-4-2)27-21-18-24-32-33(27)29-19-13-14-23-31(29)41-32/h13-14,17-24H,3-12,15-16,25-26H2,1-2H3. The molecule has 1 aromatic heterocycles. The Hall–Kier alpha value is -3.60. The minimum Gasteiger partial charge on any atom is -0.462 e. The molecule has 0 bridgehead atoms. The van der Waals surface area contributed by atoms with Crippen LogP contribution < -0.4 is 0 Å². The van der Waals surface area contributed by atoms with Crippen LogP contribution in [-0.4, -0.2) is 25.2 Å². The van der Waals surface area contributed by atoms with Crippen molar-refractivity contribution in [2.45, 2.75) is 90.9 Å². The van der Waals surface area contributed by atoms with E-state index in [4.69, 9.17) is 13.9 Å². The van der Waals surface area contributed by atoms with Gasteiger partial charge < -0.3 is 13.9 Å². The monoisotopic (exact) mass is 556 g/mol. The van der Waals surface area contributed by atoms with Gasteiger partial charge >= 0.3 is 11.9 Å². The summed E-state index contributed by atoms with van der Waals surface area (Å²) in [5.41, 5.74) is 3.46. The minimum atomic E-state index is -0.495. The second kappa shape index (κ2) is 16.0. The zero-order chi connectivity index (χ0) is 28.9. The van der Waals surface area contributed by atoms with Gasteiger partial charge in [-0.15, -0.1) is 0 Å². The first-order chi connectivity index (χ1) is 20.2. The summed E-state index contributed by atoms with van der Waals surface area (Å²) in [6.07, 6.45) is 13.2. The van der Waals surface area contributed by atoms with Crippen molar-refractivity contribution in [2.75, 3.05) is 13.2 Å². The molecule has 4 rings (SSSR count). The summed E-state index contributed by atoms with van der Waals surface area (Å²) in [6, 6.07) is 19.0. The summed E-state index contributed by atoms with van der Waals surface area (Å²) >= 11 is 0. The molecule has 0 saturated carbocycles. The van der Waals surface area contributed by atoms with Crippen molar-refractivity contribution in [3.63, 3.8) is 0 Å². The van der Waals surface area contributed by atoms with Crippen molar-refractivity contribution in [1.29, 1.82) is 0 Å². The molecule has 0 aliphatic rings. The van der Waals surface area contributed by atoms with Gasteiger partial charge in [-0.3, -0.25) is 0 Å². The molecule has 5 nitrogen and oxygen atoms in total. The molecule has 3 aromatic carbocycles. The molecule has 0 aliphatic carbocycles. The van der Waals surface area contributed by atoms with E-state index in [9.17, 15) is 9.59 Å². The number of hydrogen-bond acceptors (Lipinski definition) is 5. The normalized spacial score (nSPS) is 11.3. The van der Waals surface area contributed by atoms with Crippen molar-refractivity contribution >= 4 is 33.9 Å². The van der Waals surface area contributed by atoms with Gasteiger partial charge in [0.25, 0.3) is 0 Å². The number of ether oxygens (including phenoxy) is 2. The molecule has 0 amide bonds. The predicted molar refractivity (Wildman–Crippen MR) is 166 cm³/mol. The average molecular weight is 557 g/mol. The Morgan fingerprint density at radius 3 is 1.85 bits per heavy atom. The molecular weight excluding hydrogens is 512 g/mol. The third-order valence-corrected chi connectivity index (χ3v) is 7.64. The van der Waals surface area contributed by atoms with E-state index >= 15 is 0 Å². The molecule has 218 valence electrons. The van der Waals surface area contributed by atoms with Crippen molar-refractivity contribution in [1.82, 2.24) is 0 Å². The first kappa shape index (κ1) is 30.4. The summed E-state index contributed by atoms with van der Waals surface area (Å²) in [5.74, 6) is -0.985. The molecule has 0 atom stereocenters. The fraction of sp³-hybridized carbons (Fsp3) is 0.444. The van der Waals surface area contributed by atoms with Crippen LogP contribution in [0, 0.1) is 0 Å². The highest BCUT2D eigenvalue weighted by Crippen LogP contribution is 2.38. The Balaban J connectivity index is 1.60. The van der Waals surface area contributed by atoms with E-state index in [0.717, 1.165) is 66.0 Å². The van der Waals surface area contributed by atoms with Crippen LogP contribution in [0.5, 0.6) is 0 Å². The van der Waals surface area contributed by atoms with Crippen LogP contribution in [0.15, 0.2) is 65.1 Å². The molecule has 0 radical (unpaired) electrons. The van der Waals surface area contributed by atoms with Crippen molar-refractivity contribution in [3.05, 3.63) is 71.8 Å². The van der Waals surface area contributed by atoms with Crippen LogP contribution in [-0.2, 0) is 9.47 Å². The minimum absolute atomic E-state index is 0.242. The fourth-order valence-electron chi connectivity index (χ4n) is 5.41. The Labute approximate surface area is 244 Å². The van der Waals surface area contributed by atoms with Crippen LogP contribution in [0.1, 0.15) is 112 Å². The van der Waals surface area contributed by atoms with Gasteiger partial charge in [-0.25, -0.2) is 9.59 Å². The number of para-hydroxylation sites is 1. The lowest BCUT2D eigenvalue weighted by atomic mass is 9.92. The van der Waals surface area contributed by atoms with Gasteiger partial charge in [0.1, 0.15) is 11.2 Å². The SMILES string of the molecule is CCCCCCCCOC(=O)c1cccc(-c2cccc3oc4ccccc4c23)c1C(=O)OCCCCCCCC. The lowest BCUT2D eigenvalue weighted by Gasteiger charge is -2.15. The lowest BCUT2D eigenvalue weighted by molar-refractivity contribution is 0.0451. The third kappa shape index (κ3) is 8.00. The van der Waals surface area contributed by atoms with Gasteiger partial charge in [-0.1, -0.05) is 121 Å². The van der Waals surface area contributed by atoms with Crippen molar-refractivity contribution < 1.29 is 23.5 Å². The lowest BCUT2D eigenvalue weighted by Crippen LogP contribution is -2.16. The van der Waals surface area contributed by atoms with Crippen LogP contribution in [0.2, 0.25) is 0 Å². The van der Waals surface area contributed by atoms with Crippen molar-refractivity contribution in [3.8, 4) is 11.1 Å². The van der Waals surface area contributed by atoms with Crippen molar-refractivity contribution in [2.24, 2.45) is 0 Å². The maximum absolute atomic E-state index is 13.7. The van der Waals surface area contributed by atoms with E-state index in [1.807, 2.05) is 54.6 Å². The molecule has 0 fully saturated rings. The molecule has 0 N–H and O–H groups in total. The van der Waals surface area contributed by atoms with Crippen LogP contribution in [0.3, 0.4) is 0 Å². The smallest absolute Gasteiger partial charge is 0.339 e. The zero-order valence-corrected chi connectivity index (χ0v) is 24.7. The van der Waals surface area contributed by atoms with Gasteiger partial charge in [0.15, 0.2) is 0 Å². The van der Waals surface area contributed by atoms with Crippen LogP contribution in [0.4, 0.5) is 0 Å². The number of carbonyl (C=O) groups is 2. The van der Waals surface area contributed by atoms with Crippen LogP contribution in [0.25, 0.3) is 33.1 Å². The largest absolute Gasteiger partial charge is 0.462 e. The fourth-order valence-corrected chi connectivity index (χ4v) is 5.41. The molecule has 41 heavy (non-hydrogen) atoms. The molecule has 0 aliphatic heterocycles. The van der Waals surface area contributed by atoms with E-state index < -0.39 is 11.9 Å². The highest BCUT2D eigenvalue weighted by atomic mass is 16.5. The number of esters is 2. The van der Waals surface area contributed by atoms with E-state index in [-0.39, 0.29) is 11.1 Å². The highest BCUT2D eigenvalue weighted by Gasteiger charge is 2.25. The molecule has 5 heteroatoms. The summed E-state index contributed by atoms with van der Waals surface area (Å²) < 4.78 is 17.6. The molecule has 1 heterocycles.